The van der Waals surface area contributed by atoms with Gasteiger partial charge in [-0.05, 0) is 24.1 Å². The number of nitrogens with one attached hydrogen (secondary N) is 1. The molecule has 9 nitrogen and oxygen atoms in total. The van der Waals surface area contributed by atoms with Crippen molar-refractivity contribution in [3.63, 3.8) is 0 Å². The van der Waals surface area contributed by atoms with Crippen molar-refractivity contribution in [1.29, 1.82) is 0 Å². The highest BCUT2D eigenvalue weighted by atomic mass is 127. The Bertz CT molecular complexity index is 802. The monoisotopic (exact) mass is 570 g/mol. The minimum Gasteiger partial charge on any atom is -0.493 e. The highest BCUT2D eigenvalue weighted by Gasteiger charge is 2.21. The number of guanidine groups is 1. The van der Waals surface area contributed by atoms with Gasteiger partial charge in [-0.2, -0.15) is 0 Å². The molecule has 0 radical (unpaired) electrons. The largest absolute Gasteiger partial charge is 0.493 e. The van der Waals surface area contributed by atoms with E-state index in [-0.39, 0.29) is 29.7 Å². The molecule has 0 amide bonds. The summed E-state index contributed by atoms with van der Waals surface area (Å²) >= 11 is 0. The van der Waals surface area contributed by atoms with E-state index < -0.39 is 9.84 Å². The van der Waals surface area contributed by atoms with Crippen LogP contribution in [0.1, 0.15) is 12.0 Å². The van der Waals surface area contributed by atoms with Crippen LogP contribution in [0.5, 0.6) is 17.2 Å². The lowest BCUT2D eigenvalue weighted by Crippen LogP contribution is -2.52. The van der Waals surface area contributed by atoms with Crippen LogP contribution >= 0.6 is 24.0 Å². The average molecular weight is 570 g/mol. The van der Waals surface area contributed by atoms with E-state index >= 15 is 0 Å². The maximum absolute atomic E-state index is 11.3. The first-order chi connectivity index (χ1) is 14.3. The molecule has 2 rings (SSSR count). The van der Waals surface area contributed by atoms with E-state index in [0.29, 0.717) is 30.2 Å². The molecule has 0 saturated carbocycles. The zero-order chi connectivity index (χ0) is 22.1. The molecule has 1 heterocycles. The Morgan fingerprint density at radius 2 is 1.65 bits per heavy atom. The molecule has 1 N–H and O–H groups in total. The molecule has 0 atom stereocenters. The van der Waals surface area contributed by atoms with Gasteiger partial charge < -0.3 is 24.4 Å². The molecular formula is C20H35IN4O5S. The maximum atomic E-state index is 11.3. The van der Waals surface area contributed by atoms with Crippen LogP contribution in [0.2, 0.25) is 0 Å². The van der Waals surface area contributed by atoms with Crippen LogP contribution in [0, 0.1) is 0 Å². The molecule has 0 spiro atoms. The van der Waals surface area contributed by atoms with E-state index in [9.17, 15) is 8.42 Å². The third kappa shape index (κ3) is 8.53. The maximum Gasteiger partial charge on any atom is 0.203 e. The Morgan fingerprint density at radius 3 is 2.10 bits per heavy atom. The number of hydrogen-bond donors (Lipinski definition) is 1. The number of piperazine rings is 1. The number of methoxy groups -OCH3 is 3. The van der Waals surface area contributed by atoms with Gasteiger partial charge in [0.15, 0.2) is 17.5 Å². The fraction of sp³-hybridized carbons (Fsp3) is 0.650. The lowest BCUT2D eigenvalue weighted by atomic mass is 10.1. The topological polar surface area (TPSA) is 92.7 Å². The van der Waals surface area contributed by atoms with E-state index in [1.165, 1.54) is 6.26 Å². The lowest BCUT2D eigenvalue weighted by Gasteiger charge is -2.36. The number of halogens is 1. The second-order valence-corrected chi connectivity index (χ2v) is 9.51. The van der Waals surface area contributed by atoms with Gasteiger partial charge >= 0.3 is 0 Å². The number of hydrogen-bond acceptors (Lipinski definition) is 7. The quantitative estimate of drug-likeness (QED) is 0.207. The van der Waals surface area contributed by atoms with Crippen molar-refractivity contribution < 1.29 is 22.6 Å². The van der Waals surface area contributed by atoms with Gasteiger partial charge in [-0.25, -0.2) is 8.42 Å². The molecule has 0 bridgehead atoms. The van der Waals surface area contributed by atoms with Crippen molar-refractivity contribution in [2.45, 2.75) is 13.0 Å². The summed E-state index contributed by atoms with van der Waals surface area (Å²) in [6, 6.07) is 3.96. The molecular weight excluding hydrogens is 535 g/mol. The van der Waals surface area contributed by atoms with Gasteiger partial charge in [-0.15, -0.1) is 24.0 Å². The number of ether oxygens (including phenoxy) is 3. The van der Waals surface area contributed by atoms with Crippen LogP contribution in [-0.4, -0.2) is 97.3 Å². The number of aliphatic imine (C=N–C) groups is 1. The minimum absolute atomic E-state index is 0. The summed E-state index contributed by atoms with van der Waals surface area (Å²) in [5, 5.41) is 3.27. The van der Waals surface area contributed by atoms with E-state index in [0.717, 1.165) is 44.2 Å². The molecule has 1 aliphatic rings. The smallest absolute Gasteiger partial charge is 0.203 e. The van der Waals surface area contributed by atoms with E-state index in [1.807, 2.05) is 12.1 Å². The highest BCUT2D eigenvalue weighted by Crippen LogP contribution is 2.38. The first-order valence-corrected chi connectivity index (χ1v) is 12.0. The minimum atomic E-state index is -2.93. The summed E-state index contributed by atoms with van der Waals surface area (Å²) in [4.78, 5) is 8.91. The molecule has 178 valence electrons. The molecule has 1 saturated heterocycles. The van der Waals surface area contributed by atoms with E-state index in [4.69, 9.17) is 14.2 Å². The van der Waals surface area contributed by atoms with Crippen molar-refractivity contribution in [3.05, 3.63) is 17.7 Å². The Labute approximate surface area is 203 Å². The summed E-state index contributed by atoms with van der Waals surface area (Å²) in [5.41, 5.74) is 1.10. The molecule has 1 aliphatic heterocycles. The summed E-state index contributed by atoms with van der Waals surface area (Å²) in [6.07, 6.45) is 1.83. The molecule has 0 aromatic heterocycles. The van der Waals surface area contributed by atoms with Crippen LogP contribution in [0.4, 0.5) is 0 Å². The van der Waals surface area contributed by atoms with Crippen LogP contribution in [0.25, 0.3) is 0 Å². The molecule has 11 heteroatoms. The Kier molecular flexibility index (Phi) is 11.7. The average Bonchev–Trinajstić information content (AvgIpc) is 2.73. The number of rotatable bonds is 9. The first-order valence-electron chi connectivity index (χ1n) is 9.95. The van der Waals surface area contributed by atoms with E-state index in [1.54, 1.807) is 28.4 Å². The summed E-state index contributed by atoms with van der Waals surface area (Å²) in [5.74, 6) is 2.91. The third-order valence-corrected chi connectivity index (χ3v) is 6.02. The van der Waals surface area contributed by atoms with Gasteiger partial charge in [0.2, 0.25) is 5.75 Å². The third-order valence-electron chi connectivity index (χ3n) is 4.99. The predicted molar refractivity (Wildman–Crippen MR) is 134 cm³/mol. The predicted octanol–water partition coefficient (Wildman–Crippen LogP) is 1.46. The Hall–Kier alpha value is -1.47. The van der Waals surface area contributed by atoms with Gasteiger partial charge in [-0.3, -0.25) is 9.89 Å². The van der Waals surface area contributed by atoms with Crippen molar-refractivity contribution in [3.8, 4) is 17.2 Å². The van der Waals surface area contributed by atoms with Crippen molar-refractivity contribution in [2.24, 2.45) is 4.99 Å². The highest BCUT2D eigenvalue weighted by molar-refractivity contribution is 14.0. The van der Waals surface area contributed by atoms with Gasteiger partial charge in [0.25, 0.3) is 0 Å². The fourth-order valence-corrected chi connectivity index (χ4v) is 4.14. The Morgan fingerprint density at radius 1 is 1.06 bits per heavy atom. The normalized spacial score (nSPS) is 15.3. The van der Waals surface area contributed by atoms with Crippen molar-refractivity contribution >= 4 is 39.8 Å². The van der Waals surface area contributed by atoms with Crippen LogP contribution in [0.3, 0.4) is 0 Å². The number of benzene rings is 1. The second kappa shape index (κ2) is 13.2. The van der Waals surface area contributed by atoms with Crippen LogP contribution < -0.4 is 19.5 Å². The molecule has 0 unspecified atom stereocenters. The summed E-state index contributed by atoms with van der Waals surface area (Å²) in [6.45, 7) is 4.84. The number of sulfone groups is 1. The standard InChI is InChI=1S/C20H34N4O5S.HI/c1-21-20(22-7-6-12-30(5,25)26)24-10-8-23(9-11-24)15-16-13-17(27-2)19(29-4)18(14-16)28-3;/h13-14H,6-12,15H2,1-5H3,(H,21,22);1H. The first kappa shape index (κ1) is 27.6. The lowest BCUT2D eigenvalue weighted by molar-refractivity contribution is 0.172. The van der Waals surface area contributed by atoms with Gasteiger partial charge in [0, 0.05) is 52.6 Å². The van der Waals surface area contributed by atoms with E-state index in [2.05, 4.69) is 20.1 Å². The van der Waals surface area contributed by atoms with Gasteiger partial charge in [-0.1, -0.05) is 0 Å². The SMILES string of the molecule is CN=C(NCCCS(C)(=O)=O)N1CCN(Cc2cc(OC)c(OC)c(OC)c2)CC1.I. The van der Waals surface area contributed by atoms with Crippen LogP contribution in [0.15, 0.2) is 17.1 Å². The molecule has 1 aromatic carbocycles. The molecule has 31 heavy (non-hydrogen) atoms. The second-order valence-electron chi connectivity index (χ2n) is 7.25. The van der Waals surface area contributed by atoms with Crippen LogP contribution in [-0.2, 0) is 16.4 Å². The fourth-order valence-electron chi connectivity index (χ4n) is 3.47. The zero-order valence-corrected chi connectivity index (χ0v) is 22.2. The number of nitrogens with zero attached hydrogens (tertiary/aromatic N) is 3. The van der Waals surface area contributed by atoms with Crippen molar-refractivity contribution in [2.75, 3.05) is 73.1 Å². The molecule has 1 fully saturated rings. The van der Waals surface area contributed by atoms with Crippen molar-refractivity contribution in [1.82, 2.24) is 15.1 Å². The van der Waals surface area contributed by atoms with Gasteiger partial charge in [0.1, 0.15) is 9.84 Å². The molecule has 0 aliphatic carbocycles. The van der Waals surface area contributed by atoms with Gasteiger partial charge in [0.05, 0.1) is 27.1 Å². The molecule has 1 aromatic rings. The Balaban J connectivity index is 0.00000480. The summed E-state index contributed by atoms with van der Waals surface area (Å²) in [7, 11) is 3.66. The summed E-state index contributed by atoms with van der Waals surface area (Å²) < 4.78 is 38.8. The zero-order valence-electron chi connectivity index (χ0n) is 19.0.